The quantitative estimate of drug-likeness (QED) is 0.386. The van der Waals surface area contributed by atoms with Crippen LogP contribution < -0.4 is 4.90 Å². The van der Waals surface area contributed by atoms with Gasteiger partial charge in [-0.2, -0.15) is 4.39 Å². The molecule has 0 aliphatic carbocycles. The minimum atomic E-state index is -0.443. The predicted octanol–water partition coefficient (Wildman–Crippen LogP) is 5.63. The molecule has 1 aliphatic heterocycles. The number of thioether (sulfide) groups is 1. The van der Waals surface area contributed by atoms with Crippen molar-refractivity contribution in [3.8, 4) is 0 Å². The summed E-state index contributed by atoms with van der Waals surface area (Å²) in [5.74, 6) is 1.27. The largest absolute Gasteiger partial charge is 0.324 e. The van der Waals surface area contributed by atoms with E-state index in [4.69, 9.17) is 4.98 Å². The summed E-state index contributed by atoms with van der Waals surface area (Å²) in [6, 6.07) is 19.9. The first-order valence-corrected chi connectivity index (χ1v) is 11.2. The second-order valence-corrected chi connectivity index (χ2v) is 8.52. The summed E-state index contributed by atoms with van der Waals surface area (Å²) in [7, 11) is 0. The first-order valence-electron chi connectivity index (χ1n) is 10.2. The summed E-state index contributed by atoms with van der Waals surface area (Å²) in [4.78, 5) is 16.5. The molecule has 1 unspecified atom stereocenters. The van der Waals surface area contributed by atoms with E-state index < -0.39 is 5.95 Å². The molecule has 1 aliphatic rings. The Hall–Kier alpha value is -3.25. The monoisotopic (exact) mass is 428 g/mol. The van der Waals surface area contributed by atoms with E-state index in [2.05, 4.69) is 45.2 Å². The van der Waals surface area contributed by atoms with E-state index in [0.29, 0.717) is 12.0 Å². The van der Waals surface area contributed by atoms with Crippen molar-refractivity contribution >= 4 is 23.3 Å². The summed E-state index contributed by atoms with van der Waals surface area (Å²) < 4.78 is 14.7. The van der Waals surface area contributed by atoms with Gasteiger partial charge in [0.1, 0.15) is 5.82 Å². The van der Waals surface area contributed by atoms with Crippen LogP contribution in [0, 0.1) is 5.95 Å². The number of hydrogen-bond acceptors (Lipinski definition) is 5. The Morgan fingerprint density at radius 3 is 2.65 bits per heavy atom. The Labute approximate surface area is 185 Å². The van der Waals surface area contributed by atoms with E-state index in [9.17, 15) is 4.39 Å². The highest BCUT2D eigenvalue weighted by Crippen LogP contribution is 2.40. The molecule has 1 atom stereocenters. The molecule has 0 saturated carbocycles. The third-order valence-corrected chi connectivity index (χ3v) is 6.57. The SMILES string of the molecule is Fc1ncccc1C(Cc1cccnc1N1CCSc2ccccc21)c1cccnc1. The van der Waals surface area contributed by atoms with Crippen molar-refractivity contribution in [3.63, 3.8) is 0 Å². The van der Waals surface area contributed by atoms with Gasteiger partial charge in [0, 0.05) is 53.5 Å². The third kappa shape index (κ3) is 4.03. The van der Waals surface area contributed by atoms with Crippen LogP contribution in [0.3, 0.4) is 0 Å². The molecular weight excluding hydrogens is 407 g/mol. The molecule has 154 valence electrons. The molecule has 0 saturated heterocycles. The van der Waals surface area contributed by atoms with Gasteiger partial charge in [-0.1, -0.05) is 30.3 Å². The van der Waals surface area contributed by atoms with Crippen LogP contribution in [-0.4, -0.2) is 27.2 Å². The van der Waals surface area contributed by atoms with Crippen LogP contribution in [0.4, 0.5) is 15.9 Å². The third-order valence-electron chi connectivity index (χ3n) is 5.53. The van der Waals surface area contributed by atoms with Gasteiger partial charge in [0.25, 0.3) is 0 Å². The molecule has 4 heterocycles. The maximum absolute atomic E-state index is 14.7. The zero-order valence-electron chi connectivity index (χ0n) is 16.9. The summed E-state index contributed by atoms with van der Waals surface area (Å²) >= 11 is 1.87. The molecule has 1 aromatic carbocycles. The number of para-hydroxylation sites is 1. The van der Waals surface area contributed by atoms with Crippen LogP contribution in [0.1, 0.15) is 22.6 Å². The van der Waals surface area contributed by atoms with Crippen molar-refractivity contribution in [2.45, 2.75) is 17.2 Å². The Morgan fingerprint density at radius 1 is 0.935 bits per heavy atom. The molecular formula is C25H21FN4S. The molecule has 4 aromatic rings. The van der Waals surface area contributed by atoms with Crippen molar-refractivity contribution in [1.82, 2.24) is 15.0 Å². The molecule has 0 amide bonds. The van der Waals surface area contributed by atoms with Crippen molar-refractivity contribution in [3.05, 3.63) is 108 Å². The number of benzene rings is 1. The predicted molar refractivity (Wildman–Crippen MR) is 122 cm³/mol. The van der Waals surface area contributed by atoms with Gasteiger partial charge in [0.15, 0.2) is 0 Å². The van der Waals surface area contributed by atoms with Crippen LogP contribution in [0.2, 0.25) is 0 Å². The maximum Gasteiger partial charge on any atom is 0.216 e. The summed E-state index contributed by atoms with van der Waals surface area (Å²) in [6.45, 7) is 0.879. The van der Waals surface area contributed by atoms with Gasteiger partial charge in [-0.25, -0.2) is 9.97 Å². The molecule has 0 radical (unpaired) electrons. The second-order valence-electron chi connectivity index (χ2n) is 7.38. The zero-order chi connectivity index (χ0) is 21.0. The first kappa shape index (κ1) is 19.7. The van der Waals surface area contributed by atoms with Gasteiger partial charge >= 0.3 is 0 Å². The van der Waals surface area contributed by atoms with Crippen molar-refractivity contribution < 1.29 is 4.39 Å². The molecule has 4 nitrogen and oxygen atoms in total. The fourth-order valence-electron chi connectivity index (χ4n) is 4.09. The van der Waals surface area contributed by atoms with Crippen LogP contribution in [0.15, 0.2) is 90.3 Å². The van der Waals surface area contributed by atoms with Gasteiger partial charge in [-0.15, -0.1) is 11.8 Å². The van der Waals surface area contributed by atoms with Gasteiger partial charge in [-0.05, 0) is 47.9 Å². The lowest BCUT2D eigenvalue weighted by Gasteiger charge is -2.32. The van der Waals surface area contributed by atoms with Crippen molar-refractivity contribution in [2.75, 3.05) is 17.2 Å². The van der Waals surface area contributed by atoms with Crippen molar-refractivity contribution in [2.24, 2.45) is 0 Å². The number of pyridine rings is 3. The molecule has 3 aromatic heterocycles. The topological polar surface area (TPSA) is 41.9 Å². The fraction of sp³-hybridized carbons (Fsp3) is 0.160. The lowest BCUT2D eigenvalue weighted by Crippen LogP contribution is -2.26. The summed E-state index contributed by atoms with van der Waals surface area (Å²) in [5, 5.41) is 0. The highest BCUT2D eigenvalue weighted by molar-refractivity contribution is 7.99. The minimum absolute atomic E-state index is 0.209. The molecule has 0 bridgehead atoms. The summed E-state index contributed by atoms with van der Waals surface area (Å²) in [5.41, 5.74) is 3.77. The normalized spacial score (nSPS) is 14.2. The van der Waals surface area contributed by atoms with Crippen LogP contribution >= 0.6 is 11.8 Å². The highest BCUT2D eigenvalue weighted by Gasteiger charge is 2.25. The number of hydrogen-bond donors (Lipinski definition) is 0. The Kier molecular flexibility index (Phi) is 5.63. The van der Waals surface area contributed by atoms with Crippen LogP contribution in [0.25, 0.3) is 0 Å². The van der Waals surface area contributed by atoms with Gasteiger partial charge in [0.05, 0.1) is 5.69 Å². The zero-order valence-corrected chi connectivity index (χ0v) is 17.7. The highest BCUT2D eigenvalue weighted by atomic mass is 32.2. The van der Waals surface area contributed by atoms with Gasteiger partial charge in [0.2, 0.25) is 5.95 Å². The lowest BCUT2D eigenvalue weighted by atomic mass is 9.87. The fourth-order valence-corrected chi connectivity index (χ4v) is 5.08. The molecule has 0 fully saturated rings. The lowest BCUT2D eigenvalue weighted by molar-refractivity contribution is 0.554. The van der Waals surface area contributed by atoms with Crippen LogP contribution in [0.5, 0.6) is 0 Å². The molecule has 0 spiro atoms. The van der Waals surface area contributed by atoms with E-state index >= 15 is 0 Å². The van der Waals surface area contributed by atoms with E-state index in [1.54, 1.807) is 18.5 Å². The number of fused-ring (bicyclic) bond motifs is 1. The smallest absolute Gasteiger partial charge is 0.216 e. The molecule has 31 heavy (non-hydrogen) atoms. The number of aromatic nitrogens is 3. The van der Waals surface area contributed by atoms with Gasteiger partial charge < -0.3 is 4.90 Å². The summed E-state index contributed by atoms with van der Waals surface area (Å²) in [6.07, 6.45) is 7.45. The van der Waals surface area contributed by atoms with Crippen LogP contribution in [-0.2, 0) is 6.42 Å². The average molecular weight is 429 g/mol. The number of anilines is 2. The average Bonchev–Trinajstić information content (AvgIpc) is 2.84. The molecule has 0 N–H and O–H groups in total. The van der Waals surface area contributed by atoms with Crippen molar-refractivity contribution in [1.29, 1.82) is 0 Å². The Balaban J connectivity index is 1.57. The van der Waals surface area contributed by atoms with E-state index in [0.717, 1.165) is 29.2 Å². The number of halogens is 1. The Bertz CT molecular complexity index is 1180. The minimum Gasteiger partial charge on any atom is -0.324 e. The second kappa shape index (κ2) is 8.86. The van der Waals surface area contributed by atoms with E-state index in [1.807, 2.05) is 42.2 Å². The molecule has 6 heteroatoms. The van der Waals surface area contributed by atoms with E-state index in [-0.39, 0.29) is 5.92 Å². The standard InChI is InChI=1S/C25H21FN4S/c26-24-20(8-5-12-28-24)21(19-7-3-11-27-17-19)16-18-6-4-13-29-25(18)30-14-15-31-23-10-2-1-9-22(23)30/h1-13,17,21H,14-16H2. The maximum atomic E-state index is 14.7. The van der Waals surface area contributed by atoms with Gasteiger partial charge in [-0.3, -0.25) is 4.98 Å². The Morgan fingerprint density at radius 2 is 1.77 bits per heavy atom. The molecule has 5 rings (SSSR count). The first-order chi connectivity index (χ1) is 15.3. The number of nitrogens with zero attached hydrogens (tertiary/aromatic N) is 4. The number of rotatable bonds is 5. The van der Waals surface area contributed by atoms with E-state index in [1.165, 1.54) is 16.8 Å².